The lowest BCUT2D eigenvalue weighted by Gasteiger charge is -2.39. The van der Waals surface area contributed by atoms with Gasteiger partial charge < -0.3 is 20.5 Å². The van der Waals surface area contributed by atoms with Crippen molar-refractivity contribution < 1.29 is 19.4 Å². The van der Waals surface area contributed by atoms with Crippen LogP contribution in [0.1, 0.15) is 41.0 Å². The number of nitrogens with one attached hydrogen (secondary N) is 2. The summed E-state index contributed by atoms with van der Waals surface area (Å²) >= 11 is 0. The van der Waals surface area contributed by atoms with Gasteiger partial charge in [-0.05, 0) is 41.0 Å². The molecular formula is C13H24N2O4. The zero-order chi connectivity index (χ0) is 14.9. The minimum atomic E-state index is -1.07. The molecule has 0 aromatic rings. The summed E-state index contributed by atoms with van der Waals surface area (Å²) in [5.41, 5.74) is -2.33. The maximum Gasteiger partial charge on any atom is 0.315 e. The summed E-state index contributed by atoms with van der Waals surface area (Å²) in [6, 6.07) is -0.368. The lowest BCUT2D eigenvalue weighted by molar-refractivity contribution is -0.150. The fourth-order valence-corrected chi connectivity index (χ4v) is 1.78. The molecule has 0 aromatic heterocycles. The van der Waals surface area contributed by atoms with Gasteiger partial charge in [0, 0.05) is 6.61 Å². The van der Waals surface area contributed by atoms with Crippen LogP contribution in [-0.4, -0.2) is 41.4 Å². The molecule has 1 unspecified atom stereocenters. The number of hydrogen-bond donors (Lipinski definition) is 3. The van der Waals surface area contributed by atoms with E-state index in [2.05, 4.69) is 10.6 Å². The molecule has 0 saturated carbocycles. The average molecular weight is 272 g/mol. The minimum absolute atomic E-state index is 0.368. The Balaban J connectivity index is 2.68. The van der Waals surface area contributed by atoms with Crippen molar-refractivity contribution in [3.05, 3.63) is 0 Å². The van der Waals surface area contributed by atoms with Crippen molar-refractivity contribution in [1.82, 2.24) is 10.6 Å². The Kier molecular flexibility index (Phi) is 4.14. The van der Waals surface area contributed by atoms with Crippen molar-refractivity contribution in [2.75, 3.05) is 13.2 Å². The van der Waals surface area contributed by atoms with Crippen LogP contribution in [0.4, 0.5) is 4.79 Å². The quantitative estimate of drug-likeness (QED) is 0.721. The number of aliphatic carboxylic acids is 1. The van der Waals surface area contributed by atoms with Crippen molar-refractivity contribution in [3.63, 3.8) is 0 Å². The van der Waals surface area contributed by atoms with Crippen LogP contribution in [-0.2, 0) is 9.53 Å². The highest BCUT2D eigenvalue weighted by Gasteiger charge is 2.45. The molecule has 1 fully saturated rings. The van der Waals surface area contributed by atoms with E-state index in [1.165, 1.54) is 0 Å². The second-order valence-electron chi connectivity index (χ2n) is 6.50. The minimum Gasteiger partial charge on any atom is -0.481 e. The molecule has 19 heavy (non-hydrogen) atoms. The molecule has 110 valence electrons. The van der Waals surface area contributed by atoms with Gasteiger partial charge in [-0.2, -0.15) is 0 Å². The van der Waals surface area contributed by atoms with Gasteiger partial charge in [0.05, 0.1) is 23.1 Å². The smallest absolute Gasteiger partial charge is 0.315 e. The van der Waals surface area contributed by atoms with Gasteiger partial charge in [-0.25, -0.2) is 4.79 Å². The SMILES string of the molecule is CC1(NC(=O)NC(C)(C)C(C)(C)C(=O)O)CCOC1. The van der Waals surface area contributed by atoms with Gasteiger partial charge >= 0.3 is 12.0 Å². The second kappa shape index (κ2) is 5.00. The van der Waals surface area contributed by atoms with Gasteiger partial charge in [-0.3, -0.25) is 4.79 Å². The van der Waals surface area contributed by atoms with E-state index in [1.807, 2.05) is 6.92 Å². The molecule has 0 spiro atoms. The van der Waals surface area contributed by atoms with Crippen molar-refractivity contribution in [3.8, 4) is 0 Å². The molecule has 6 nitrogen and oxygen atoms in total. The second-order valence-corrected chi connectivity index (χ2v) is 6.50. The molecule has 6 heteroatoms. The van der Waals surface area contributed by atoms with Gasteiger partial charge in [-0.15, -0.1) is 0 Å². The lowest BCUT2D eigenvalue weighted by atomic mass is 9.74. The normalized spacial score (nSPS) is 24.1. The van der Waals surface area contributed by atoms with Gasteiger partial charge in [0.2, 0.25) is 0 Å². The molecule has 0 aliphatic carbocycles. The summed E-state index contributed by atoms with van der Waals surface area (Å²) in [5, 5.41) is 14.8. The molecule has 1 rings (SSSR count). The van der Waals surface area contributed by atoms with E-state index in [4.69, 9.17) is 4.74 Å². The maximum atomic E-state index is 12.0. The van der Waals surface area contributed by atoms with E-state index in [0.717, 1.165) is 6.42 Å². The van der Waals surface area contributed by atoms with Gasteiger partial charge in [-0.1, -0.05) is 0 Å². The predicted molar refractivity (Wildman–Crippen MR) is 71.0 cm³/mol. The first-order chi connectivity index (χ1) is 8.50. The van der Waals surface area contributed by atoms with Crippen LogP contribution >= 0.6 is 0 Å². The number of amides is 2. The first kappa shape index (κ1) is 15.8. The summed E-state index contributed by atoms with van der Waals surface area (Å²) in [6.07, 6.45) is 0.753. The van der Waals surface area contributed by atoms with E-state index in [0.29, 0.717) is 13.2 Å². The van der Waals surface area contributed by atoms with E-state index in [-0.39, 0.29) is 11.6 Å². The third kappa shape index (κ3) is 3.37. The number of carboxylic acids is 1. The third-order valence-corrected chi connectivity index (χ3v) is 4.16. The Morgan fingerprint density at radius 2 is 1.84 bits per heavy atom. The van der Waals surface area contributed by atoms with Crippen molar-refractivity contribution >= 4 is 12.0 Å². The largest absolute Gasteiger partial charge is 0.481 e. The fraction of sp³-hybridized carbons (Fsp3) is 0.846. The Hall–Kier alpha value is -1.30. The number of rotatable bonds is 4. The molecule has 3 N–H and O–H groups in total. The van der Waals surface area contributed by atoms with Crippen LogP contribution < -0.4 is 10.6 Å². The summed E-state index contributed by atoms with van der Waals surface area (Å²) in [4.78, 5) is 23.3. The molecule has 1 atom stereocenters. The third-order valence-electron chi connectivity index (χ3n) is 4.16. The van der Waals surface area contributed by atoms with Crippen LogP contribution in [0, 0.1) is 5.41 Å². The zero-order valence-electron chi connectivity index (χ0n) is 12.3. The van der Waals surface area contributed by atoms with Crippen LogP contribution in [0.25, 0.3) is 0 Å². The number of carboxylic acid groups (broad SMARTS) is 1. The molecule has 1 saturated heterocycles. The standard InChI is InChI=1S/C13H24N2O4/c1-11(2,9(16)17)12(3,4)14-10(18)15-13(5)6-7-19-8-13/h6-8H2,1-5H3,(H,16,17)(H2,14,15,18). The topological polar surface area (TPSA) is 87.7 Å². The van der Waals surface area contributed by atoms with E-state index >= 15 is 0 Å². The molecule has 1 heterocycles. The molecule has 0 aromatic carbocycles. The highest BCUT2D eigenvalue weighted by molar-refractivity contribution is 5.80. The highest BCUT2D eigenvalue weighted by Crippen LogP contribution is 2.30. The average Bonchev–Trinajstić information content (AvgIpc) is 2.62. The highest BCUT2D eigenvalue weighted by atomic mass is 16.5. The van der Waals surface area contributed by atoms with Crippen molar-refractivity contribution in [2.45, 2.75) is 52.1 Å². The first-order valence-corrected chi connectivity index (χ1v) is 6.42. The van der Waals surface area contributed by atoms with Gasteiger partial charge in [0.25, 0.3) is 0 Å². The number of urea groups is 1. The van der Waals surface area contributed by atoms with E-state index in [9.17, 15) is 14.7 Å². The molecule has 0 bridgehead atoms. The maximum absolute atomic E-state index is 12.0. The summed E-state index contributed by atoms with van der Waals surface area (Å²) in [7, 11) is 0. The lowest BCUT2D eigenvalue weighted by Crippen LogP contribution is -2.61. The van der Waals surface area contributed by atoms with Gasteiger partial charge in [0.1, 0.15) is 0 Å². The van der Waals surface area contributed by atoms with Gasteiger partial charge in [0.15, 0.2) is 0 Å². The molecular weight excluding hydrogens is 248 g/mol. The van der Waals surface area contributed by atoms with Crippen molar-refractivity contribution in [2.24, 2.45) is 5.41 Å². The molecule has 1 aliphatic heterocycles. The van der Waals surface area contributed by atoms with Crippen LogP contribution in [0.15, 0.2) is 0 Å². The summed E-state index contributed by atoms with van der Waals surface area (Å²) < 4.78 is 5.26. The number of carbonyl (C=O) groups is 2. The summed E-state index contributed by atoms with van der Waals surface area (Å²) in [5.74, 6) is -0.951. The fourth-order valence-electron chi connectivity index (χ4n) is 1.78. The van der Waals surface area contributed by atoms with Crippen LogP contribution in [0.5, 0.6) is 0 Å². The van der Waals surface area contributed by atoms with E-state index < -0.39 is 16.9 Å². The first-order valence-electron chi connectivity index (χ1n) is 6.42. The number of carbonyl (C=O) groups excluding carboxylic acids is 1. The van der Waals surface area contributed by atoms with E-state index in [1.54, 1.807) is 27.7 Å². The molecule has 0 radical (unpaired) electrons. The van der Waals surface area contributed by atoms with Crippen LogP contribution in [0.2, 0.25) is 0 Å². The predicted octanol–water partition coefficient (Wildman–Crippen LogP) is 1.35. The Labute approximate surface area is 113 Å². The Morgan fingerprint density at radius 3 is 2.26 bits per heavy atom. The van der Waals surface area contributed by atoms with Crippen LogP contribution in [0.3, 0.4) is 0 Å². The Morgan fingerprint density at radius 1 is 1.26 bits per heavy atom. The Bertz CT molecular complexity index is 371. The zero-order valence-corrected chi connectivity index (χ0v) is 12.3. The molecule has 1 aliphatic rings. The number of ether oxygens (including phenoxy) is 1. The monoisotopic (exact) mass is 272 g/mol. The summed E-state index contributed by atoms with van der Waals surface area (Å²) in [6.45, 7) is 9.60. The number of hydrogen-bond acceptors (Lipinski definition) is 3. The molecule has 2 amide bonds. The van der Waals surface area contributed by atoms with Crippen molar-refractivity contribution in [1.29, 1.82) is 0 Å².